The van der Waals surface area contributed by atoms with E-state index >= 15 is 0 Å². The first kappa shape index (κ1) is 16.4. The molecule has 0 bridgehead atoms. The summed E-state index contributed by atoms with van der Waals surface area (Å²) in [4.78, 5) is 0. The molecular weight excluding hydrogens is 215 g/mol. The Hall–Kier alpha value is 0.350. The quantitative estimate of drug-likeness (QED) is 0.569. The molecule has 0 spiro atoms. The lowest BCUT2D eigenvalue weighted by Gasteiger charge is -2.39. The van der Waals surface area contributed by atoms with Gasteiger partial charge in [0.05, 0.1) is 12.8 Å². The van der Waals surface area contributed by atoms with Gasteiger partial charge in [0.25, 0.3) is 0 Å². The van der Waals surface area contributed by atoms with E-state index in [0.29, 0.717) is 0 Å². The predicted molar refractivity (Wildman–Crippen MR) is 78.5 cm³/mol. The van der Waals surface area contributed by atoms with Crippen molar-refractivity contribution in [2.24, 2.45) is 0 Å². The van der Waals surface area contributed by atoms with Gasteiger partial charge in [-0.25, -0.2) is 0 Å². The van der Waals surface area contributed by atoms with E-state index in [9.17, 15) is 0 Å². The second-order valence-corrected chi connectivity index (χ2v) is 8.20. The third-order valence-corrected chi connectivity index (χ3v) is 8.35. The highest BCUT2D eigenvalue weighted by atomic mass is 31.2. The van der Waals surface area contributed by atoms with Crippen molar-refractivity contribution in [1.29, 1.82) is 0 Å². The Kier molecular flexibility index (Phi) is 8.63. The van der Waals surface area contributed by atoms with Crippen LogP contribution < -0.4 is 0 Å². The summed E-state index contributed by atoms with van der Waals surface area (Å²) in [7, 11) is -1.04. The first-order valence-electron chi connectivity index (χ1n) is 6.96. The first-order chi connectivity index (χ1) is 7.60. The molecule has 0 amide bonds. The second kappa shape index (κ2) is 8.44. The van der Waals surface area contributed by atoms with Crippen LogP contribution in [0.2, 0.25) is 0 Å². The largest absolute Gasteiger partial charge is 0.165 e. The number of nitrogens with zero attached hydrogens (tertiary/aromatic N) is 2. The third kappa shape index (κ3) is 3.98. The monoisotopic (exact) mass is 247 g/mol. The molecule has 0 heterocycles. The Bertz CT molecular complexity index is 153. The van der Waals surface area contributed by atoms with Crippen molar-refractivity contribution >= 4 is 7.56 Å². The van der Waals surface area contributed by atoms with Crippen molar-refractivity contribution in [3.05, 3.63) is 0 Å². The zero-order chi connectivity index (χ0) is 12.6. The Morgan fingerprint density at radius 3 is 1.38 bits per heavy atom. The molecule has 0 aliphatic heterocycles. The van der Waals surface area contributed by atoms with Crippen LogP contribution >= 0.6 is 7.56 Å². The molecule has 0 aromatic rings. The summed E-state index contributed by atoms with van der Waals surface area (Å²) in [5, 5.41) is 0. The van der Waals surface area contributed by atoms with E-state index in [0.717, 1.165) is 0 Å². The van der Waals surface area contributed by atoms with Crippen LogP contribution in [0.4, 0.5) is 0 Å². The second-order valence-electron chi connectivity index (χ2n) is 4.44. The van der Waals surface area contributed by atoms with Crippen LogP contribution in [0.3, 0.4) is 0 Å². The molecule has 0 aliphatic rings. The van der Waals surface area contributed by atoms with E-state index in [2.05, 4.69) is 50.6 Å². The lowest BCUT2D eigenvalue weighted by molar-refractivity contribution is 0.407. The third-order valence-electron chi connectivity index (χ3n) is 3.61. The topological polar surface area (TPSA) is 6.48 Å². The maximum Gasteiger partial charge on any atom is 0.149 e. The van der Waals surface area contributed by atoms with E-state index < -0.39 is 7.56 Å². The number of hydrogen-bond acceptors (Lipinski definition) is 2. The normalized spacial score (nSPS) is 12.8. The molecule has 0 rings (SSSR count). The minimum absolute atomic E-state index is 1.04. The highest BCUT2D eigenvalue weighted by molar-refractivity contribution is 7.70. The van der Waals surface area contributed by atoms with E-state index in [4.69, 9.17) is 0 Å². The van der Waals surface area contributed by atoms with Crippen molar-refractivity contribution in [3.63, 3.8) is 0 Å². The van der Waals surface area contributed by atoms with Gasteiger partial charge in [-0.15, -0.1) is 0 Å². The Morgan fingerprint density at radius 1 is 0.750 bits per heavy atom. The molecule has 0 aromatic carbocycles. The average Bonchev–Trinajstić information content (AvgIpc) is 2.29. The summed E-state index contributed by atoms with van der Waals surface area (Å²) < 4.78 is 5.44. The molecule has 2 nitrogen and oxygen atoms in total. The van der Waals surface area contributed by atoms with E-state index in [1.54, 1.807) is 0 Å². The summed E-state index contributed by atoms with van der Waals surface area (Å²) in [5.41, 5.74) is 0. The van der Waals surface area contributed by atoms with Gasteiger partial charge >= 0.3 is 0 Å². The molecule has 3 heteroatoms. The van der Waals surface area contributed by atoms with Crippen LogP contribution in [0, 0.1) is 0 Å². The predicted octanol–water partition coefficient (Wildman–Crippen LogP) is 3.95. The highest BCUT2D eigenvalue weighted by Gasteiger charge is 2.42. The fourth-order valence-corrected chi connectivity index (χ4v) is 6.86. The summed E-state index contributed by atoms with van der Waals surface area (Å²) >= 11 is 0. The Morgan fingerprint density at radius 2 is 1.12 bits per heavy atom. The fourth-order valence-electron chi connectivity index (χ4n) is 2.59. The zero-order valence-electron chi connectivity index (χ0n) is 12.3. The van der Waals surface area contributed by atoms with Gasteiger partial charge < -0.3 is 0 Å². The maximum atomic E-state index is 2.72. The highest BCUT2D eigenvalue weighted by Crippen LogP contribution is 2.61. The minimum atomic E-state index is -1.04. The molecule has 98 valence electrons. The maximum absolute atomic E-state index is 2.72. The summed E-state index contributed by atoms with van der Waals surface area (Å²) in [6, 6.07) is 0. The van der Waals surface area contributed by atoms with Crippen LogP contribution in [0.25, 0.3) is 0 Å². The van der Waals surface area contributed by atoms with E-state index in [1.165, 1.54) is 45.2 Å². The van der Waals surface area contributed by atoms with Crippen LogP contribution in [0.5, 0.6) is 0 Å². The zero-order valence-corrected chi connectivity index (χ0v) is 13.2. The minimum Gasteiger partial charge on any atom is -0.165 e. The molecule has 0 N–H and O–H groups in total. The lowest BCUT2D eigenvalue weighted by atomic mass is 10.4. The molecular formula is C13H32N2P+. The van der Waals surface area contributed by atoms with Gasteiger partial charge in [-0.1, -0.05) is 13.3 Å². The van der Waals surface area contributed by atoms with Crippen molar-refractivity contribution in [2.45, 2.75) is 47.5 Å². The number of rotatable bonds is 9. The van der Waals surface area contributed by atoms with Crippen LogP contribution in [-0.4, -0.2) is 48.3 Å². The molecule has 0 aromatic heterocycles. The first-order valence-corrected chi connectivity index (χ1v) is 9.29. The van der Waals surface area contributed by atoms with Gasteiger partial charge in [-0.05, 0) is 34.1 Å². The van der Waals surface area contributed by atoms with Crippen molar-refractivity contribution in [1.82, 2.24) is 9.34 Å². The molecule has 0 saturated carbocycles. The van der Waals surface area contributed by atoms with Gasteiger partial charge in [0.15, 0.2) is 0 Å². The summed E-state index contributed by atoms with van der Waals surface area (Å²) in [6.45, 7) is 18.8. The molecule has 0 radical (unpaired) electrons. The Labute approximate surface area is 104 Å². The van der Waals surface area contributed by atoms with E-state index in [-0.39, 0.29) is 0 Å². The van der Waals surface area contributed by atoms with Gasteiger partial charge in [-0.3, -0.25) is 0 Å². The molecule has 0 fully saturated rings. The smallest absolute Gasteiger partial charge is 0.149 e. The molecule has 16 heavy (non-hydrogen) atoms. The van der Waals surface area contributed by atoms with Crippen molar-refractivity contribution in [3.8, 4) is 0 Å². The van der Waals surface area contributed by atoms with Crippen LogP contribution in [0.1, 0.15) is 47.5 Å². The van der Waals surface area contributed by atoms with Crippen LogP contribution in [-0.2, 0) is 0 Å². The summed E-state index contributed by atoms with van der Waals surface area (Å²) in [5.74, 6) is 0. The van der Waals surface area contributed by atoms with Gasteiger partial charge in [0.2, 0.25) is 0 Å². The van der Waals surface area contributed by atoms with Crippen LogP contribution in [0.15, 0.2) is 0 Å². The van der Waals surface area contributed by atoms with Crippen molar-refractivity contribution in [2.75, 3.05) is 39.0 Å². The van der Waals surface area contributed by atoms with Crippen molar-refractivity contribution < 1.29 is 0 Å². The van der Waals surface area contributed by atoms with Gasteiger partial charge in [0.1, 0.15) is 7.56 Å². The average molecular weight is 247 g/mol. The molecule has 0 saturated heterocycles. The standard InChI is InChI=1S/C13H32N2P/c1-7-12-13-16(6,14(8-2)9-3)15(10-4)11-5/h7-13H2,1-6H3/q+1. The number of hydrogen-bond donors (Lipinski definition) is 0. The molecule has 0 aliphatic carbocycles. The number of unbranched alkanes of at least 4 members (excludes halogenated alkanes) is 1. The van der Waals surface area contributed by atoms with Gasteiger partial charge in [-0.2, -0.15) is 9.34 Å². The fraction of sp³-hybridized carbons (Fsp3) is 1.00. The van der Waals surface area contributed by atoms with Gasteiger partial charge in [0, 0.05) is 26.2 Å². The SMILES string of the molecule is CCCC[P+](C)(N(CC)CC)N(CC)CC. The van der Waals surface area contributed by atoms with E-state index in [1.807, 2.05) is 0 Å². The Balaban J connectivity index is 4.82. The molecule has 0 atom stereocenters. The lowest BCUT2D eigenvalue weighted by Crippen LogP contribution is -2.37. The molecule has 0 unspecified atom stereocenters. The summed E-state index contributed by atoms with van der Waals surface area (Å²) in [6.07, 6.45) is 4.09.